The van der Waals surface area contributed by atoms with Crippen LogP contribution >= 0.6 is 11.6 Å². The van der Waals surface area contributed by atoms with E-state index in [-0.39, 0.29) is 11.1 Å². The van der Waals surface area contributed by atoms with Gasteiger partial charge in [-0.05, 0) is 32.0 Å². The Kier molecular flexibility index (Phi) is 5.95. The van der Waals surface area contributed by atoms with Crippen LogP contribution in [0.1, 0.15) is 12.7 Å². The summed E-state index contributed by atoms with van der Waals surface area (Å²) in [6.07, 6.45) is 0. The van der Waals surface area contributed by atoms with Gasteiger partial charge in [-0.15, -0.1) is 0 Å². The number of halogens is 2. The standard InChI is InChI=1S/C18H21ClFN5O2/c1-3-27-17-11-16(21-12(2)22-17)24-6-8-25(9-7-24)18(26)23-13-4-5-15(20)14(19)10-13/h4-5,10-11H,3,6-9H2,1-2H3,(H,23,26). The molecule has 1 N–H and O–H groups in total. The summed E-state index contributed by atoms with van der Waals surface area (Å²) in [6.45, 7) is 6.62. The Morgan fingerprint density at radius 1 is 1.26 bits per heavy atom. The predicted octanol–water partition coefficient (Wildman–Crippen LogP) is 3.33. The van der Waals surface area contributed by atoms with Crippen molar-refractivity contribution in [3.63, 3.8) is 0 Å². The third-order valence-electron chi connectivity index (χ3n) is 4.15. The first-order chi connectivity index (χ1) is 13.0. The lowest BCUT2D eigenvalue weighted by Crippen LogP contribution is -2.50. The summed E-state index contributed by atoms with van der Waals surface area (Å²) in [5.41, 5.74) is 0.460. The summed E-state index contributed by atoms with van der Waals surface area (Å²) in [7, 11) is 0. The zero-order valence-electron chi connectivity index (χ0n) is 15.2. The Morgan fingerprint density at radius 3 is 2.67 bits per heavy atom. The van der Waals surface area contributed by atoms with Crippen molar-refractivity contribution in [3.05, 3.63) is 40.9 Å². The van der Waals surface area contributed by atoms with E-state index in [1.165, 1.54) is 18.2 Å². The summed E-state index contributed by atoms with van der Waals surface area (Å²) in [5.74, 6) is 1.46. The molecule has 1 aromatic heterocycles. The minimum Gasteiger partial charge on any atom is -0.478 e. The van der Waals surface area contributed by atoms with Gasteiger partial charge in [0.05, 0.1) is 11.6 Å². The quantitative estimate of drug-likeness (QED) is 0.862. The second-order valence-corrected chi connectivity index (χ2v) is 6.48. The normalized spacial score (nSPS) is 14.2. The Labute approximate surface area is 162 Å². The SMILES string of the molecule is CCOc1cc(N2CCN(C(=O)Nc3ccc(F)c(Cl)c3)CC2)nc(C)n1. The number of nitrogens with one attached hydrogen (secondary N) is 1. The lowest BCUT2D eigenvalue weighted by Gasteiger charge is -2.35. The first-order valence-corrected chi connectivity index (χ1v) is 9.08. The van der Waals surface area contributed by atoms with E-state index in [1.54, 1.807) is 4.90 Å². The van der Waals surface area contributed by atoms with Gasteiger partial charge >= 0.3 is 6.03 Å². The molecule has 1 aliphatic rings. The van der Waals surface area contributed by atoms with Gasteiger partial charge in [-0.3, -0.25) is 0 Å². The number of urea groups is 1. The summed E-state index contributed by atoms with van der Waals surface area (Å²) in [4.78, 5) is 24.9. The van der Waals surface area contributed by atoms with Gasteiger partial charge in [0.15, 0.2) is 0 Å². The fourth-order valence-electron chi connectivity index (χ4n) is 2.82. The molecule has 3 rings (SSSR count). The van der Waals surface area contributed by atoms with Gasteiger partial charge in [0.2, 0.25) is 5.88 Å². The highest BCUT2D eigenvalue weighted by Crippen LogP contribution is 2.21. The molecular formula is C18H21ClFN5O2. The molecule has 2 heterocycles. The number of amides is 2. The van der Waals surface area contributed by atoms with Crippen molar-refractivity contribution < 1.29 is 13.9 Å². The average Bonchev–Trinajstić information content (AvgIpc) is 2.65. The fourth-order valence-corrected chi connectivity index (χ4v) is 3.00. The Bertz CT molecular complexity index is 827. The van der Waals surface area contributed by atoms with Crippen LogP contribution in [0.25, 0.3) is 0 Å². The van der Waals surface area contributed by atoms with Gasteiger partial charge in [0, 0.05) is 37.9 Å². The molecule has 0 aliphatic carbocycles. The number of carbonyl (C=O) groups excluding carboxylic acids is 1. The van der Waals surface area contributed by atoms with Crippen molar-refractivity contribution >= 4 is 29.1 Å². The number of carbonyl (C=O) groups is 1. The largest absolute Gasteiger partial charge is 0.478 e. The van der Waals surface area contributed by atoms with Gasteiger partial charge in [0.1, 0.15) is 17.5 Å². The van der Waals surface area contributed by atoms with Crippen molar-refractivity contribution in [2.75, 3.05) is 43.0 Å². The molecule has 144 valence electrons. The number of aryl methyl sites for hydroxylation is 1. The van der Waals surface area contributed by atoms with Crippen molar-refractivity contribution in [1.82, 2.24) is 14.9 Å². The zero-order chi connectivity index (χ0) is 19.4. The van der Waals surface area contributed by atoms with Crippen LogP contribution in [0, 0.1) is 12.7 Å². The molecule has 1 saturated heterocycles. The number of anilines is 2. The van der Waals surface area contributed by atoms with E-state index < -0.39 is 5.82 Å². The highest BCUT2D eigenvalue weighted by molar-refractivity contribution is 6.31. The molecule has 2 aromatic rings. The van der Waals surface area contributed by atoms with E-state index in [2.05, 4.69) is 20.2 Å². The molecule has 0 atom stereocenters. The molecule has 1 fully saturated rings. The summed E-state index contributed by atoms with van der Waals surface area (Å²) in [6, 6.07) is 5.67. The Hall–Kier alpha value is -2.61. The highest BCUT2D eigenvalue weighted by atomic mass is 35.5. The lowest BCUT2D eigenvalue weighted by molar-refractivity contribution is 0.208. The molecule has 0 bridgehead atoms. The predicted molar refractivity (Wildman–Crippen MR) is 102 cm³/mol. The second-order valence-electron chi connectivity index (χ2n) is 6.08. The number of ether oxygens (including phenoxy) is 1. The Morgan fingerprint density at radius 2 is 2.00 bits per heavy atom. The maximum atomic E-state index is 13.2. The first-order valence-electron chi connectivity index (χ1n) is 8.70. The van der Waals surface area contributed by atoms with E-state index >= 15 is 0 Å². The molecular weight excluding hydrogens is 373 g/mol. The molecule has 27 heavy (non-hydrogen) atoms. The zero-order valence-corrected chi connectivity index (χ0v) is 16.0. The van der Waals surface area contributed by atoms with Gasteiger partial charge in [-0.1, -0.05) is 11.6 Å². The molecule has 2 amide bonds. The smallest absolute Gasteiger partial charge is 0.321 e. The van der Waals surface area contributed by atoms with Gasteiger partial charge in [-0.25, -0.2) is 14.2 Å². The topological polar surface area (TPSA) is 70.6 Å². The van der Waals surface area contributed by atoms with Crippen LogP contribution in [0.4, 0.5) is 20.7 Å². The number of nitrogens with zero attached hydrogens (tertiary/aromatic N) is 4. The van der Waals surface area contributed by atoms with Crippen molar-refractivity contribution in [3.8, 4) is 5.88 Å². The second kappa shape index (κ2) is 8.39. The monoisotopic (exact) mass is 393 g/mol. The van der Waals surface area contributed by atoms with Crippen LogP contribution in [0.2, 0.25) is 5.02 Å². The molecule has 0 saturated carbocycles. The maximum Gasteiger partial charge on any atom is 0.321 e. The van der Waals surface area contributed by atoms with E-state index in [9.17, 15) is 9.18 Å². The summed E-state index contributed by atoms with van der Waals surface area (Å²) in [5, 5.41) is 2.71. The molecule has 0 unspecified atom stereocenters. The van der Waals surface area contributed by atoms with Crippen LogP contribution in [0.15, 0.2) is 24.3 Å². The molecule has 0 radical (unpaired) electrons. The highest BCUT2D eigenvalue weighted by Gasteiger charge is 2.23. The number of hydrogen-bond acceptors (Lipinski definition) is 5. The van der Waals surface area contributed by atoms with Crippen LogP contribution in [0.5, 0.6) is 5.88 Å². The van der Waals surface area contributed by atoms with E-state index in [4.69, 9.17) is 16.3 Å². The summed E-state index contributed by atoms with van der Waals surface area (Å²) >= 11 is 5.75. The fraction of sp³-hybridized carbons (Fsp3) is 0.389. The lowest BCUT2D eigenvalue weighted by atomic mass is 10.3. The molecule has 7 nitrogen and oxygen atoms in total. The summed E-state index contributed by atoms with van der Waals surface area (Å²) < 4.78 is 18.7. The van der Waals surface area contributed by atoms with E-state index in [1.807, 2.05) is 19.9 Å². The number of aromatic nitrogens is 2. The molecule has 1 aliphatic heterocycles. The van der Waals surface area contributed by atoms with Crippen molar-refractivity contribution in [1.29, 1.82) is 0 Å². The van der Waals surface area contributed by atoms with E-state index in [0.29, 0.717) is 50.2 Å². The number of hydrogen-bond donors (Lipinski definition) is 1. The van der Waals surface area contributed by atoms with Gasteiger partial charge in [0.25, 0.3) is 0 Å². The molecule has 9 heteroatoms. The maximum absolute atomic E-state index is 13.2. The number of benzene rings is 1. The number of piperazine rings is 1. The van der Waals surface area contributed by atoms with Crippen molar-refractivity contribution in [2.24, 2.45) is 0 Å². The van der Waals surface area contributed by atoms with Crippen molar-refractivity contribution in [2.45, 2.75) is 13.8 Å². The minimum absolute atomic E-state index is 0.0261. The van der Waals surface area contributed by atoms with Gasteiger partial charge < -0.3 is 19.9 Å². The van der Waals surface area contributed by atoms with Crippen LogP contribution in [0.3, 0.4) is 0 Å². The average molecular weight is 394 g/mol. The minimum atomic E-state index is -0.519. The Balaban J connectivity index is 1.59. The molecule has 0 spiro atoms. The first kappa shape index (κ1) is 19.2. The molecule has 1 aromatic carbocycles. The van der Waals surface area contributed by atoms with Crippen LogP contribution < -0.4 is 15.0 Å². The third kappa shape index (κ3) is 4.77. The van der Waals surface area contributed by atoms with Gasteiger partial charge in [-0.2, -0.15) is 4.98 Å². The number of rotatable bonds is 4. The third-order valence-corrected chi connectivity index (χ3v) is 4.44. The van der Waals surface area contributed by atoms with E-state index in [0.717, 1.165) is 5.82 Å². The van der Waals surface area contributed by atoms with Crippen LogP contribution in [-0.2, 0) is 0 Å². The van der Waals surface area contributed by atoms with Crippen LogP contribution in [-0.4, -0.2) is 53.7 Å².